The number of H-pyrrole nitrogens is 1. The molecule has 1 aliphatic heterocycles. The van der Waals surface area contributed by atoms with Gasteiger partial charge in [-0.05, 0) is 42.7 Å². The van der Waals surface area contributed by atoms with Gasteiger partial charge in [0.15, 0.2) is 0 Å². The number of anilines is 1. The largest absolute Gasteiger partial charge is 0.481 e. The van der Waals surface area contributed by atoms with Crippen molar-refractivity contribution in [3.8, 4) is 0 Å². The fourth-order valence-electron chi connectivity index (χ4n) is 2.92. The highest BCUT2D eigenvalue weighted by Gasteiger charge is 2.24. The predicted molar refractivity (Wildman–Crippen MR) is 121 cm³/mol. The summed E-state index contributed by atoms with van der Waals surface area (Å²) in [5.74, 6) is -2.12. The molecule has 1 amide bonds. The summed E-state index contributed by atoms with van der Waals surface area (Å²) in [5, 5.41) is 11.6. The molecule has 1 aliphatic rings. The van der Waals surface area contributed by atoms with Crippen LogP contribution in [0.5, 0.6) is 0 Å². The molecule has 0 unspecified atom stereocenters. The number of carbonyl (C=O) groups excluding carboxylic acids is 3. The van der Waals surface area contributed by atoms with Crippen molar-refractivity contribution in [3.05, 3.63) is 51.3 Å². The van der Waals surface area contributed by atoms with Gasteiger partial charge in [-0.2, -0.15) is 0 Å². The average molecular weight is 507 g/mol. The van der Waals surface area contributed by atoms with Crippen LogP contribution in [0.15, 0.2) is 28.9 Å². The molecule has 3 rings (SSSR count). The van der Waals surface area contributed by atoms with Crippen LogP contribution in [0.2, 0.25) is 0 Å². The normalized spacial score (nSPS) is 13.0. The number of carbonyl (C=O) groups is 4. The zero-order chi connectivity index (χ0) is 23.8. The van der Waals surface area contributed by atoms with Crippen molar-refractivity contribution >= 4 is 57.1 Å². The molecule has 2 heterocycles. The quantitative estimate of drug-likeness (QED) is 0.310. The number of hydrogen-bond acceptors (Lipinski definition) is 6. The molecule has 9 nitrogen and oxygen atoms in total. The van der Waals surface area contributed by atoms with E-state index in [0.29, 0.717) is 12.0 Å². The van der Waals surface area contributed by atoms with Gasteiger partial charge in [0.1, 0.15) is 6.42 Å². The van der Waals surface area contributed by atoms with Gasteiger partial charge in [0, 0.05) is 28.3 Å². The highest BCUT2D eigenvalue weighted by atomic mass is 79.9. The van der Waals surface area contributed by atoms with Gasteiger partial charge in [0.05, 0.1) is 25.5 Å². The van der Waals surface area contributed by atoms with E-state index in [2.05, 4.69) is 35.7 Å². The van der Waals surface area contributed by atoms with E-state index in [0.717, 1.165) is 32.5 Å². The summed E-state index contributed by atoms with van der Waals surface area (Å²) < 4.78 is 9.27. The summed E-state index contributed by atoms with van der Waals surface area (Å²) in [4.78, 5) is 46.5. The second-order valence-electron chi connectivity index (χ2n) is 6.78. The number of esters is 2. The number of aryl methyl sites for hydroxylation is 1. The number of halogens is 1. The lowest BCUT2D eigenvalue weighted by atomic mass is 10.0. The van der Waals surface area contributed by atoms with Crippen molar-refractivity contribution in [1.29, 1.82) is 0 Å². The number of hydrogen-bond donors (Lipinski definition) is 3. The number of benzene rings is 1. The number of fused-ring (bicyclic) bond motifs is 1. The Morgan fingerprint density at radius 1 is 1.16 bits per heavy atom. The molecular formula is C22H23BrN2O7. The number of carboxylic acid groups (broad SMARTS) is 1. The lowest BCUT2D eigenvalue weighted by Gasteiger charge is -2.00. The van der Waals surface area contributed by atoms with E-state index in [-0.39, 0.29) is 18.7 Å². The first-order chi connectivity index (χ1) is 15.2. The maximum absolute atomic E-state index is 12.2. The number of ether oxygens (including phenoxy) is 2. The molecule has 170 valence electrons. The van der Waals surface area contributed by atoms with E-state index in [4.69, 9.17) is 5.11 Å². The Bertz CT molecular complexity index is 1060. The number of aliphatic carboxylic acids is 1. The zero-order valence-electron chi connectivity index (χ0n) is 17.8. The smallest absolute Gasteiger partial charge is 0.316 e. The molecule has 0 saturated carbocycles. The molecule has 32 heavy (non-hydrogen) atoms. The Hall–Kier alpha value is -3.40. The lowest BCUT2D eigenvalue weighted by Crippen LogP contribution is -2.09. The van der Waals surface area contributed by atoms with Crippen LogP contribution in [-0.2, 0) is 35.1 Å². The molecule has 0 saturated heterocycles. The van der Waals surface area contributed by atoms with Crippen molar-refractivity contribution < 1.29 is 33.8 Å². The lowest BCUT2D eigenvalue weighted by molar-refractivity contribution is -0.151. The zero-order valence-corrected chi connectivity index (χ0v) is 19.4. The molecular weight excluding hydrogens is 484 g/mol. The SMILES string of the molecule is COC(=O)CC(=O)OC.Cc1c(CCC(=O)O)c[nH]c1C=C1C(=O)Nc2cc(Br)ccc21. The third-order valence-electron chi connectivity index (χ3n) is 4.69. The van der Waals surface area contributed by atoms with Gasteiger partial charge in [-0.15, -0.1) is 0 Å². The first kappa shape index (κ1) is 24.9. The topological polar surface area (TPSA) is 135 Å². The van der Waals surface area contributed by atoms with E-state index in [1.165, 1.54) is 14.2 Å². The summed E-state index contributed by atoms with van der Waals surface area (Å²) in [5.41, 5.74) is 4.99. The third-order valence-corrected chi connectivity index (χ3v) is 5.19. The van der Waals surface area contributed by atoms with Gasteiger partial charge >= 0.3 is 17.9 Å². The van der Waals surface area contributed by atoms with Crippen molar-refractivity contribution in [2.24, 2.45) is 0 Å². The summed E-state index contributed by atoms with van der Waals surface area (Å²) in [6.45, 7) is 1.93. The van der Waals surface area contributed by atoms with Gasteiger partial charge in [-0.3, -0.25) is 19.2 Å². The third kappa shape index (κ3) is 6.55. The highest BCUT2D eigenvalue weighted by molar-refractivity contribution is 9.10. The van der Waals surface area contributed by atoms with Crippen LogP contribution in [0.25, 0.3) is 11.6 Å². The van der Waals surface area contributed by atoms with E-state index in [9.17, 15) is 19.2 Å². The van der Waals surface area contributed by atoms with E-state index < -0.39 is 17.9 Å². The van der Waals surface area contributed by atoms with E-state index in [1.807, 2.05) is 31.2 Å². The molecule has 3 N–H and O–H groups in total. The minimum absolute atomic E-state index is 0.0893. The predicted octanol–water partition coefficient (Wildman–Crippen LogP) is 3.32. The number of rotatable bonds is 6. The van der Waals surface area contributed by atoms with Gasteiger partial charge in [-0.25, -0.2) is 0 Å². The number of amides is 1. The summed E-state index contributed by atoms with van der Waals surface area (Å²) in [6.07, 6.45) is 3.87. The Morgan fingerprint density at radius 2 is 1.81 bits per heavy atom. The molecule has 0 spiro atoms. The molecule has 0 atom stereocenters. The van der Waals surface area contributed by atoms with Crippen LogP contribution in [-0.4, -0.2) is 48.1 Å². The maximum atomic E-state index is 12.2. The van der Waals surface area contributed by atoms with Crippen LogP contribution in [0.4, 0.5) is 5.69 Å². The fraction of sp³-hybridized carbons (Fsp3) is 0.273. The minimum atomic E-state index is -0.819. The van der Waals surface area contributed by atoms with Crippen molar-refractivity contribution in [3.63, 3.8) is 0 Å². The maximum Gasteiger partial charge on any atom is 0.316 e. The van der Waals surface area contributed by atoms with Crippen LogP contribution in [0, 0.1) is 6.92 Å². The molecule has 0 fully saturated rings. The first-order valence-corrected chi connectivity index (χ1v) is 10.3. The highest BCUT2D eigenvalue weighted by Crippen LogP contribution is 2.35. The van der Waals surface area contributed by atoms with Crippen LogP contribution >= 0.6 is 15.9 Å². The second-order valence-corrected chi connectivity index (χ2v) is 7.69. The Balaban J connectivity index is 0.000000344. The molecule has 0 bridgehead atoms. The van der Waals surface area contributed by atoms with Crippen molar-refractivity contribution in [1.82, 2.24) is 4.98 Å². The van der Waals surface area contributed by atoms with Crippen molar-refractivity contribution in [2.75, 3.05) is 19.5 Å². The number of nitrogens with one attached hydrogen (secondary N) is 2. The van der Waals surface area contributed by atoms with E-state index in [1.54, 1.807) is 6.20 Å². The van der Waals surface area contributed by atoms with Crippen LogP contribution in [0.3, 0.4) is 0 Å². The molecule has 10 heteroatoms. The summed E-state index contributed by atoms with van der Waals surface area (Å²) in [7, 11) is 2.43. The molecule has 0 radical (unpaired) electrons. The van der Waals surface area contributed by atoms with E-state index >= 15 is 0 Å². The summed E-state index contributed by atoms with van der Waals surface area (Å²) >= 11 is 3.39. The van der Waals surface area contributed by atoms with Gasteiger partial charge in [0.25, 0.3) is 5.91 Å². The standard InChI is InChI=1S/C17H15BrN2O3.C5H8O4/c1-9-10(2-5-16(21)22)8-19-14(9)7-13-12-4-3-11(18)6-15(12)20-17(13)23;1-8-4(6)3-5(7)9-2/h3-4,6-8,19H,2,5H2,1H3,(H,20,23)(H,21,22);3H2,1-2H3. The first-order valence-electron chi connectivity index (χ1n) is 9.51. The van der Waals surface area contributed by atoms with Crippen molar-refractivity contribution in [2.45, 2.75) is 26.2 Å². The minimum Gasteiger partial charge on any atom is -0.481 e. The van der Waals surface area contributed by atoms with Crippen LogP contribution in [0.1, 0.15) is 35.2 Å². The van der Waals surface area contributed by atoms with Crippen LogP contribution < -0.4 is 5.32 Å². The molecule has 1 aromatic carbocycles. The number of carboxylic acids is 1. The molecule has 1 aromatic heterocycles. The van der Waals surface area contributed by atoms with Gasteiger partial charge in [0.2, 0.25) is 0 Å². The fourth-order valence-corrected chi connectivity index (χ4v) is 3.28. The summed E-state index contributed by atoms with van der Waals surface area (Å²) in [6, 6.07) is 5.66. The van der Waals surface area contributed by atoms with Gasteiger partial charge < -0.3 is 24.9 Å². The number of aromatic nitrogens is 1. The molecule has 2 aromatic rings. The Kier molecular flexibility index (Phi) is 8.77. The molecule has 0 aliphatic carbocycles. The number of methoxy groups -OCH3 is 2. The average Bonchev–Trinajstić information content (AvgIpc) is 3.25. The number of aromatic amines is 1. The second kappa shape index (κ2) is 11.3. The van der Waals surface area contributed by atoms with Gasteiger partial charge in [-0.1, -0.05) is 22.0 Å². The Labute approximate surface area is 192 Å². The Morgan fingerprint density at radius 3 is 2.41 bits per heavy atom. The monoisotopic (exact) mass is 506 g/mol.